The monoisotopic (exact) mass is 498 g/mol. The number of likely N-dealkylation sites (N-methyl/N-ethyl adjacent to an activating group) is 1. The van der Waals surface area contributed by atoms with Gasteiger partial charge >= 0.3 is 6.18 Å². The minimum atomic E-state index is -4.96. The van der Waals surface area contributed by atoms with Crippen LogP contribution in [0.15, 0.2) is 36.5 Å². The Morgan fingerprint density at radius 2 is 1.88 bits per heavy atom. The first-order valence-electron chi connectivity index (χ1n) is 9.47. The van der Waals surface area contributed by atoms with Crippen LogP contribution in [0.2, 0.25) is 5.02 Å². The van der Waals surface area contributed by atoms with E-state index in [4.69, 9.17) is 21.1 Å². The van der Waals surface area contributed by atoms with Crippen molar-refractivity contribution in [3.05, 3.63) is 52.8 Å². The molecular weight excluding hydrogens is 481 g/mol. The largest absolute Gasteiger partial charge is 0.495 e. The van der Waals surface area contributed by atoms with Gasteiger partial charge in [0.15, 0.2) is 11.5 Å². The zero-order valence-electron chi connectivity index (χ0n) is 18.1. The van der Waals surface area contributed by atoms with Crippen LogP contribution in [0.1, 0.15) is 16.1 Å². The number of rotatable bonds is 7. The zero-order valence-corrected chi connectivity index (χ0v) is 18.8. The van der Waals surface area contributed by atoms with Crippen molar-refractivity contribution in [2.24, 2.45) is 0 Å². The molecule has 10 nitrogen and oxygen atoms in total. The van der Waals surface area contributed by atoms with Gasteiger partial charge in [0.2, 0.25) is 11.8 Å². The first kappa shape index (κ1) is 24.8. The molecule has 0 unspecified atom stereocenters. The van der Waals surface area contributed by atoms with E-state index in [2.05, 4.69) is 20.6 Å². The molecule has 0 saturated carbocycles. The number of methoxy groups -OCH3 is 2. The molecule has 34 heavy (non-hydrogen) atoms. The Morgan fingerprint density at radius 3 is 2.47 bits per heavy atom. The van der Waals surface area contributed by atoms with E-state index in [1.165, 1.54) is 45.5 Å². The molecule has 1 aromatic carbocycles. The number of ether oxygens (including phenoxy) is 2. The lowest BCUT2D eigenvalue weighted by atomic mass is 10.2. The third kappa shape index (κ3) is 5.36. The molecule has 0 aliphatic carbocycles. The second-order valence-electron chi connectivity index (χ2n) is 6.80. The summed E-state index contributed by atoms with van der Waals surface area (Å²) >= 11 is 5.92. The Kier molecular flexibility index (Phi) is 7.25. The van der Waals surface area contributed by atoms with Gasteiger partial charge in [-0.05, 0) is 24.3 Å². The summed E-state index contributed by atoms with van der Waals surface area (Å²) in [6, 6.07) is 7.01. The molecular formula is C20H18ClF3N6O4. The van der Waals surface area contributed by atoms with Crippen LogP contribution in [0.5, 0.6) is 11.6 Å². The Balaban J connectivity index is 1.84. The molecule has 2 aromatic heterocycles. The van der Waals surface area contributed by atoms with Crippen molar-refractivity contribution < 1.29 is 32.2 Å². The highest BCUT2D eigenvalue weighted by molar-refractivity contribution is 6.31. The number of nitrogens with zero attached hydrogens (tertiary/aromatic N) is 5. The molecule has 180 valence electrons. The maximum atomic E-state index is 13.9. The highest BCUT2D eigenvalue weighted by atomic mass is 35.5. The molecule has 2 amide bonds. The number of hydrogen-bond acceptors (Lipinski definition) is 7. The topological polar surface area (TPSA) is 111 Å². The number of amides is 2. The van der Waals surface area contributed by atoms with Crippen LogP contribution >= 0.6 is 11.6 Å². The fraction of sp³-hybridized carbons (Fsp3) is 0.250. The molecule has 3 rings (SSSR count). The number of anilines is 1. The van der Waals surface area contributed by atoms with Gasteiger partial charge < -0.3 is 19.7 Å². The average Bonchev–Trinajstić information content (AvgIpc) is 3.24. The van der Waals surface area contributed by atoms with Crippen LogP contribution in [0.4, 0.5) is 18.9 Å². The number of carbonyl (C=O) groups is 2. The molecule has 0 saturated heterocycles. The molecule has 3 aromatic rings. The van der Waals surface area contributed by atoms with E-state index in [1.807, 2.05) is 0 Å². The highest BCUT2D eigenvalue weighted by Gasteiger charge is 2.41. The molecule has 0 spiro atoms. The lowest BCUT2D eigenvalue weighted by Gasteiger charge is -2.18. The summed E-state index contributed by atoms with van der Waals surface area (Å²) in [5.41, 5.74) is -1.88. The van der Waals surface area contributed by atoms with Gasteiger partial charge in [-0.25, -0.2) is 4.68 Å². The summed E-state index contributed by atoms with van der Waals surface area (Å²) in [5, 5.41) is 13.8. The first-order chi connectivity index (χ1) is 16.0. The third-order valence-corrected chi connectivity index (χ3v) is 4.72. The SMILES string of the molecule is COc1ccc(-n2ncc(C(=O)N(C)CC(=O)Nc3cc(Cl)ccc3OC)c2C(F)(F)F)nn1. The van der Waals surface area contributed by atoms with E-state index in [9.17, 15) is 22.8 Å². The maximum Gasteiger partial charge on any atom is 0.434 e. The van der Waals surface area contributed by atoms with Gasteiger partial charge in [-0.3, -0.25) is 9.59 Å². The normalized spacial score (nSPS) is 11.1. The highest BCUT2D eigenvalue weighted by Crippen LogP contribution is 2.34. The van der Waals surface area contributed by atoms with E-state index in [0.29, 0.717) is 15.5 Å². The molecule has 0 atom stereocenters. The summed E-state index contributed by atoms with van der Waals surface area (Å²) in [6.45, 7) is -0.556. The van der Waals surface area contributed by atoms with Gasteiger partial charge in [0.1, 0.15) is 5.75 Å². The predicted octanol–water partition coefficient (Wildman–Crippen LogP) is 3.06. The first-order valence-corrected chi connectivity index (χ1v) is 9.85. The van der Waals surface area contributed by atoms with E-state index >= 15 is 0 Å². The molecule has 0 aliphatic rings. The lowest BCUT2D eigenvalue weighted by Crippen LogP contribution is -2.36. The molecule has 0 fully saturated rings. The Labute approximate surface area is 196 Å². The van der Waals surface area contributed by atoms with Crippen LogP contribution in [-0.4, -0.2) is 64.5 Å². The molecule has 2 heterocycles. The van der Waals surface area contributed by atoms with Crippen molar-refractivity contribution in [3.8, 4) is 17.4 Å². The Morgan fingerprint density at radius 1 is 1.15 bits per heavy atom. The van der Waals surface area contributed by atoms with Gasteiger partial charge in [0, 0.05) is 18.1 Å². The molecule has 0 radical (unpaired) electrons. The fourth-order valence-corrected chi connectivity index (χ4v) is 3.12. The van der Waals surface area contributed by atoms with Crippen LogP contribution in [0.25, 0.3) is 5.82 Å². The van der Waals surface area contributed by atoms with Crippen LogP contribution in [0.3, 0.4) is 0 Å². The minimum Gasteiger partial charge on any atom is -0.495 e. The number of benzene rings is 1. The van der Waals surface area contributed by atoms with Crippen molar-refractivity contribution in [2.75, 3.05) is 33.1 Å². The second kappa shape index (κ2) is 9.95. The molecule has 14 heteroatoms. The summed E-state index contributed by atoms with van der Waals surface area (Å²) in [4.78, 5) is 26.1. The summed E-state index contributed by atoms with van der Waals surface area (Å²) in [6.07, 6.45) is -4.20. The van der Waals surface area contributed by atoms with E-state index < -0.39 is 35.8 Å². The lowest BCUT2D eigenvalue weighted by molar-refractivity contribution is -0.143. The minimum absolute atomic E-state index is 0.0860. The van der Waals surface area contributed by atoms with Crippen molar-refractivity contribution in [1.82, 2.24) is 24.9 Å². The number of halogens is 4. The number of aromatic nitrogens is 4. The van der Waals surface area contributed by atoms with Crippen LogP contribution in [0, 0.1) is 0 Å². The van der Waals surface area contributed by atoms with E-state index in [0.717, 1.165) is 11.1 Å². The average molecular weight is 499 g/mol. The Bertz CT molecular complexity index is 1200. The van der Waals surface area contributed by atoms with Crippen LogP contribution < -0.4 is 14.8 Å². The van der Waals surface area contributed by atoms with E-state index in [-0.39, 0.29) is 17.4 Å². The number of nitrogens with one attached hydrogen (secondary N) is 1. The Hall–Kier alpha value is -3.87. The van der Waals surface area contributed by atoms with Crippen LogP contribution in [-0.2, 0) is 11.0 Å². The van der Waals surface area contributed by atoms with Crippen molar-refractivity contribution in [3.63, 3.8) is 0 Å². The van der Waals surface area contributed by atoms with Gasteiger partial charge in [-0.15, -0.1) is 10.2 Å². The number of alkyl halides is 3. The molecule has 0 aliphatic heterocycles. The maximum absolute atomic E-state index is 13.9. The van der Waals surface area contributed by atoms with Gasteiger partial charge in [-0.2, -0.15) is 18.3 Å². The van der Waals surface area contributed by atoms with Gasteiger partial charge in [-0.1, -0.05) is 11.6 Å². The standard InChI is InChI=1S/C20H18ClF3N6O4/c1-29(10-16(31)26-13-8-11(21)4-5-14(13)33-2)19(32)12-9-25-30(18(12)20(22,23)24)15-6-7-17(34-3)28-27-15/h4-9H,10H2,1-3H3,(H,26,31). The second-order valence-corrected chi connectivity index (χ2v) is 7.24. The van der Waals surface area contributed by atoms with Crippen molar-refractivity contribution in [1.29, 1.82) is 0 Å². The summed E-state index contributed by atoms with van der Waals surface area (Å²) < 4.78 is 52.0. The molecule has 1 N–H and O–H groups in total. The predicted molar refractivity (Wildman–Crippen MR) is 114 cm³/mol. The quantitative estimate of drug-likeness (QED) is 0.533. The third-order valence-electron chi connectivity index (χ3n) is 4.48. The number of carbonyl (C=O) groups excluding carboxylic acids is 2. The summed E-state index contributed by atoms with van der Waals surface area (Å²) in [7, 11) is 3.89. The van der Waals surface area contributed by atoms with Gasteiger partial charge in [0.25, 0.3) is 5.91 Å². The zero-order chi connectivity index (χ0) is 25.0. The summed E-state index contributed by atoms with van der Waals surface area (Å²) in [5.74, 6) is -1.64. The molecule has 0 bridgehead atoms. The van der Waals surface area contributed by atoms with Crippen molar-refractivity contribution in [2.45, 2.75) is 6.18 Å². The van der Waals surface area contributed by atoms with Gasteiger partial charge in [0.05, 0.1) is 38.2 Å². The van der Waals surface area contributed by atoms with Crippen molar-refractivity contribution >= 4 is 29.1 Å². The fourth-order valence-electron chi connectivity index (χ4n) is 2.95. The smallest absolute Gasteiger partial charge is 0.434 e. The van der Waals surface area contributed by atoms with E-state index in [1.54, 1.807) is 6.07 Å². The number of hydrogen-bond donors (Lipinski definition) is 1.